The zero-order valence-corrected chi connectivity index (χ0v) is 15.4. The van der Waals surface area contributed by atoms with Crippen LogP contribution in [-0.2, 0) is 12.8 Å². The molecule has 0 saturated carbocycles. The van der Waals surface area contributed by atoms with Crippen molar-refractivity contribution in [1.29, 1.82) is 0 Å². The van der Waals surface area contributed by atoms with Crippen LogP contribution in [0.5, 0.6) is 0 Å². The Balaban J connectivity index is 1.45. The van der Waals surface area contributed by atoms with Crippen LogP contribution in [0.2, 0.25) is 0 Å². The highest BCUT2D eigenvalue weighted by atomic mass is 16.1. The van der Waals surface area contributed by atoms with Gasteiger partial charge in [0.1, 0.15) is 0 Å². The number of fused-ring (bicyclic) bond motifs is 1. The first kappa shape index (κ1) is 17.1. The van der Waals surface area contributed by atoms with Gasteiger partial charge in [0.05, 0.1) is 0 Å². The van der Waals surface area contributed by atoms with E-state index in [1.807, 2.05) is 12.1 Å². The lowest BCUT2D eigenvalue weighted by atomic mass is 10.0. The highest BCUT2D eigenvalue weighted by molar-refractivity contribution is 5.95. The minimum Gasteiger partial charge on any atom is -0.372 e. The predicted octanol–water partition coefficient (Wildman–Crippen LogP) is 4.35. The molecule has 0 radical (unpaired) electrons. The van der Waals surface area contributed by atoms with Gasteiger partial charge in [0.15, 0.2) is 0 Å². The van der Waals surface area contributed by atoms with Crippen LogP contribution in [0, 0.1) is 0 Å². The Bertz CT molecular complexity index is 764. The van der Waals surface area contributed by atoms with E-state index in [-0.39, 0.29) is 11.9 Å². The summed E-state index contributed by atoms with van der Waals surface area (Å²) in [7, 11) is 0. The molecule has 1 unspecified atom stereocenters. The number of carbonyl (C=O) groups excluding carboxylic acids is 1. The summed E-state index contributed by atoms with van der Waals surface area (Å²) in [5.74, 6) is 0.0632. The van der Waals surface area contributed by atoms with Gasteiger partial charge in [-0.1, -0.05) is 30.3 Å². The van der Waals surface area contributed by atoms with Gasteiger partial charge < -0.3 is 10.2 Å². The van der Waals surface area contributed by atoms with Crippen molar-refractivity contribution in [2.75, 3.05) is 18.0 Å². The van der Waals surface area contributed by atoms with E-state index >= 15 is 0 Å². The molecule has 2 aromatic carbocycles. The second-order valence-electron chi connectivity index (χ2n) is 7.63. The van der Waals surface area contributed by atoms with Gasteiger partial charge in [0.25, 0.3) is 5.91 Å². The number of benzene rings is 2. The molecule has 0 spiro atoms. The van der Waals surface area contributed by atoms with Crippen molar-refractivity contribution >= 4 is 11.6 Å². The number of hydrogen-bond donors (Lipinski definition) is 1. The normalized spacial score (nSPS) is 20.2. The predicted molar refractivity (Wildman–Crippen MR) is 107 cm³/mol. The van der Waals surface area contributed by atoms with Crippen LogP contribution < -0.4 is 10.2 Å². The Morgan fingerprint density at radius 2 is 1.73 bits per heavy atom. The fraction of sp³-hybridized carbons (Fsp3) is 0.435. The van der Waals surface area contributed by atoms with E-state index in [4.69, 9.17) is 0 Å². The van der Waals surface area contributed by atoms with Crippen LogP contribution in [0.1, 0.15) is 53.6 Å². The third kappa shape index (κ3) is 3.92. The van der Waals surface area contributed by atoms with Crippen LogP contribution in [0.15, 0.2) is 48.5 Å². The molecule has 1 aliphatic heterocycles. The van der Waals surface area contributed by atoms with Crippen LogP contribution in [0.25, 0.3) is 0 Å². The second-order valence-corrected chi connectivity index (χ2v) is 7.63. The van der Waals surface area contributed by atoms with Crippen molar-refractivity contribution in [3.05, 3.63) is 65.2 Å². The van der Waals surface area contributed by atoms with E-state index in [9.17, 15) is 4.79 Å². The van der Waals surface area contributed by atoms with E-state index in [0.717, 1.165) is 44.3 Å². The smallest absolute Gasteiger partial charge is 0.251 e. The summed E-state index contributed by atoms with van der Waals surface area (Å²) in [5.41, 5.74) is 4.79. The fourth-order valence-electron chi connectivity index (χ4n) is 4.29. The molecule has 26 heavy (non-hydrogen) atoms. The summed E-state index contributed by atoms with van der Waals surface area (Å²) >= 11 is 0. The molecule has 2 aliphatic rings. The maximum Gasteiger partial charge on any atom is 0.251 e. The monoisotopic (exact) mass is 348 g/mol. The summed E-state index contributed by atoms with van der Waals surface area (Å²) < 4.78 is 0. The zero-order chi connectivity index (χ0) is 17.8. The Hall–Kier alpha value is -2.29. The molecule has 1 aliphatic carbocycles. The molecule has 1 fully saturated rings. The molecule has 136 valence electrons. The molecule has 1 heterocycles. The van der Waals surface area contributed by atoms with E-state index in [1.54, 1.807) is 0 Å². The van der Waals surface area contributed by atoms with Gasteiger partial charge in [-0.25, -0.2) is 0 Å². The highest BCUT2D eigenvalue weighted by Crippen LogP contribution is 2.23. The molecule has 3 heteroatoms. The second kappa shape index (κ2) is 7.94. The number of hydrogen-bond acceptors (Lipinski definition) is 2. The number of amides is 1. The van der Waals surface area contributed by atoms with Gasteiger partial charge in [-0.2, -0.15) is 0 Å². The van der Waals surface area contributed by atoms with Gasteiger partial charge in [0.2, 0.25) is 0 Å². The van der Waals surface area contributed by atoms with Gasteiger partial charge in [0, 0.05) is 30.4 Å². The minimum absolute atomic E-state index is 0.0632. The van der Waals surface area contributed by atoms with Crippen molar-refractivity contribution in [3.8, 4) is 0 Å². The van der Waals surface area contributed by atoms with E-state index < -0.39 is 0 Å². The molecule has 1 atom stereocenters. The Kier molecular flexibility index (Phi) is 5.24. The van der Waals surface area contributed by atoms with Crippen molar-refractivity contribution < 1.29 is 4.79 Å². The number of aryl methyl sites for hydroxylation is 1. The van der Waals surface area contributed by atoms with E-state index in [0.29, 0.717) is 0 Å². The summed E-state index contributed by atoms with van der Waals surface area (Å²) in [4.78, 5) is 15.2. The van der Waals surface area contributed by atoms with Gasteiger partial charge in [-0.05, 0) is 74.3 Å². The fourth-order valence-corrected chi connectivity index (χ4v) is 4.29. The summed E-state index contributed by atoms with van der Waals surface area (Å²) in [5, 5.41) is 3.29. The largest absolute Gasteiger partial charge is 0.372 e. The van der Waals surface area contributed by atoms with E-state index in [1.165, 1.54) is 36.1 Å². The topological polar surface area (TPSA) is 32.3 Å². The third-order valence-corrected chi connectivity index (χ3v) is 5.75. The maximum absolute atomic E-state index is 12.8. The number of piperidine rings is 1. The maximum atomic E-state index is 12.8. The molecule has 3 nitrogen and oxygen atoms in total. The van der Waals surface area contributed by atoms with Crippen molar-refractivity contribution in [1.82, 2.24) is 5.32 Å². The molecule has 1 saturated heterocycles. The van der Waals surface area contributed by atoms with Crippen molar-refractivity contribution in [3.63, 3.8) is 0 Å². The first-order valence-electron chi connectivity index (χ1n) is 10.0. The van der Waals surface area contributed by atoms with Gasteiger partial charge in [-0.3, -0.25) is 4.79 Å². The van der Waals surface area contributed by atoms with Gasteiger partial charge in [-0.15, -0.1) is 0 Å². The van der Waals surface area contributed by atoms with Crippen LogP contribution in [0.3, 0.4) is 0 Å². The minimum atomic E-state index is 0.0632. The average Bonchev–Trinajstić information content (AvgIpc) is 2.90. The molecule has 0 bridgehead atoms. The molecule has 0 aromatic heterocycles. The Labute approximate surface area is 156 Å². The zero-order valence-electron chi connectivity index (χ0n) is 15.4. The summed E-state index contributed by atoms with van der Waals surface area (Å²) in [6.07, 6.45) is 8.05. The summed E-state index contributed by atoms with van der Waals surface area (Å²) in [6.45, 7) is 2.20. The lowest BCUT2D eigenvalue weighted by molar-refractivity contribution is 0.0935. The molecule has 1 N–H and O–H groups in total. The number of nitrogens with one attached hydrogen (secondary N) is 1. The Morgan fingerprint density at radius 1 is 0.923 bits per heavy atom. The first-order valence-corrected chi connectivity index (χ1v) is 10.0. The number of carbonyl (C=O) groups is 1. The van der Waals surface area contributed by atoms with E-state index in [2.05, 4.69) is 46.6 Å². The summed E-state index contributed by atoms with van der Waals surface area (Å²) in [6, 6.07) is 17.0. The Morgan fingerprint density at radius 3 is 2.58 bits per heavy atom. The number of nitrogens with zero attached hydrogens (tertiary/aromatic N) is 1. The molecule has 2 aromatic rings. The number of rotatable bonds is 3. The first-order chi connectivity index (χ1) is 12.8. The number of anilines is 1. The molecular formula is C23H28N2O. The van der Waals surface area contributed by atoms with Crippen LogP contribution in [0.4, 0.5) is 5.69 Å². The lowest BCUT2D eigenvalue weighted by Crippen LogP contribution is -2.36. The quantitative estimate of drug-likeness (QED) is 0.836. The SMILES string of the molecule is O=C(NC1CCCc2ccccc2C1)c1cccc(N2CCCCC2)c1. The molecular weight excluding hydrogens is 320 g/mol. The third-order valence-electron chi connectivity index (χ3n) is 5.75. The van der Waals surface area contributed by atoms with Crippen molar-refractivity contribution in [2.24, 2.45) is 0 Å². The highest BCUT2D eigenvalue weighted by Gasteiger charge is 2.19. The van der Waals surface area contributed by atoms with Gasteiger partial charge >= 0.3 is 0 Å². The molecule has 1 amide bonds. The van der Waals surface area contributed by atoms with Crippen molar-refractivity contribution in [2.45, 2.75) is 51.0 Å². The van der Waals surface area contributed by atoms with Crippen LogP contribution >= 0.6 is 0 Å². The average molecular weight is 348 g/mol. The molecule has 4 rings (SSSR count). The standard InChI is InChI=1S/C23H28N2O/c26-23(20-11-7-13-22(17-20)25-14-4-1-5-15-25)24-21-12-6-10-18-8-2-3-9-19(18)16-21/h2-3,7-9,11,13,17,21H,1,4-6,10,12,14-16H2,(H,24,26). The lowest BCUT2D eigenvalue weighted by Gasteiger charge is -2.29. The van der Waals surface area contributed by atoms with Crippen LogP contribution in [-0.4, -0.2) is 25.0 Å².